The Bertz CT molecular complexity index is 568. The van der Waals surface area contributed by atoms with Crippen molar-refractivity contribution in [2.45, 2.75) is 20.0 Å². The third-order valence-electron chi connectivity index (χ3n) is 3.24. The number of aliphatic hydroxyl groups is 1. The second-order valence-electron chi connectivity index (χ2n) is 4.75. The van der Waals surface area contributed by atoms with Crippen LogP contribution in [0.25, 0.3) is 0 Å². The van der Waals surface area contributed by atoms with Crippen molar-refractivity contribution in [1.29, 1.82) is 0 Å². The Balaban J connectivity index is 2.00. The number of aryl methyl sites for hydroxylation is 2. The average molecular weight is 259 g/mol. The number of rotatable bonds is 4. The van der Waals surface area contributed by atoms with E-state index in [1.807, 2.05) is 25.1 Å². The first-order valence-electron chi connectivity index (χ1n) is 6.31. The molecule has 2 aromatic rings. The van der Waals surface area contributed by atoms with E-state index in [0.29, 0.717) is 12.1 Å². The standard InChI is InChI=1S/C16H18FNO/c1-11-6-7-15(8-12(11)2)18-10-16(19)13-4-3-5-14(17)9-13/h3-9,16,18-19H,10H2,1-2H3. The summed E-state index contributed by atoms with van der Waals surface area (Å²) in [6.45, 7) is 4.45. The van der Waals surface area contributed by atoms with Gasteiger partial charge >= 0.3 is 0 Å². The SMILES string of the molecule is Cc1ccc(NCC(O)c2cccc(F)c2)cc1C. The molecule has 0 aliphatic rings. The molecule has 0 radical (unpaired) electrons. The fourth-order valence-corrected chi connectivity index (χ4v) is 1.90. The van der Waals surface area contributed by atoms with Gasteiger partial charge < -0.3 is 10.4 Å². The number of halogens is 1. The summed E-state index contributed by atoms with van der Waals surface area (Å²) in [4.78, 5) is 0. The number of benzene rings is 2. The molecule has 0 spiro atoms. The molecule has 3 heteroatoms. The Labute approximate surface area is 112 Å². The lowest BCUT2D eigenvalue weighted by molar-refractivity contribution is 0.191. The molecule has 2 nitrogen and oxygen atoms in total. The number of hydrogen-bond donors (Lipinski definition) is 2. The van der Waals surface area contributed by atoms with E-state index in [1.165, 1.54) is 23.3 Å². The molecule has 0 amide bonds. The molecule has 0 saturated carbocycles. The fraction of sp³-hybridized carbons (Fsp3) is 0.250. The molecule has 0 fully saturated rings. The van der Waals surface area contributed by atoms with Crippen LogP contribution in [0.2, 0.25) is 0 Å². The molecule has 0 bridgehead atoms. The molecule has 0 saturated heterocycles. The van der Waals surface area contributed by atoms with Crippen molar-refractivity contribution in [1.82, 2.24) is 0 Å². The Morgan fingerprint density at radius 1 is 1.11 bits per heavy atom. The maximum atomic E-state index is 13.1. The minimum absolute atomic E-state index is 0.331. The topological polar surface area (TPSA) is 32.3 Å². The van der Waals surface area contributed by atoms with Crippen LogP contribution in [0.3, 0.4) is 0 Å². The van der Waals surface area contributed by atoms with Crippen LogP contribution in [0.5, 0.6) is 0 Å². The first kappa shape index (κ1) is 13.6. The molecule has 19 heavy (non-hydrogen) atoms. The van der Waals surface area contributed by atoms with E-state index in [-0.39, 0.29) is 5.82 Å². The Morgan fingerprint density at radius 3 is 2.58 bits per heavy atom. The monoisotopic (exact) mass is 259 g/mol. The van der Waals surface area contributed by atoms with Gasteiger partial charge in [0, 0.05) is 12.2 Å². The van der Waals surface area contributed by atoms with Crippen LogP contribution in [-0.2, 0) is 0 Å². The summed E-state index contributed by atoms with van der Waals surface area (Å²) in [5, 5.41) is 13.2. The predicted molar refractivity (Wildman–Crippen MR) is 75.8 cm³/mol. The van der Waals surface area contributed by atoms with Crippen molar-refractivity contribution in [3.05, 3.63) is 65.0 Å². The summed E-state index contributed by atoms with van der Waals surface area (Å²) in [5.74, 6) is -0.331. The van der Waals surface area contributed by atoms with Crippen molar-refractivity contribution in [3.8, 4) is 0 Å². The van der Waals surface area contributed by atoms with Crippen LogP contribution >= 0.6 is 0 Å². The third kappa shape index (κ3) is 3.55. The molecule has 2 rings (SSSR count). The number of nitrogens with one attached hydrogen (secondary N) is 1. The molecule has 2 aromatic carbocycles. The summed E-state index contributed by atoms with van der Waals surface area (Å²) in [5.41, 5.74) is 3.97. The Kier molecular flexibility index (Phi) is 4.17. The van der Waals surface area contributed by atoms with E-state index >= 15 is 0 Å². The van der Waals surface area contributed by atoms with Crippen molar-refractivity contribution < 1.29 is 9.50 Å². The minimum atomic E-state index is -0.725. The summed E-state index contributed by atoms with van der Waals surface area (Å²) < 4.78 is 13.1. The van der Waals surface area contributed by atoms with Gasteiger partial charge in [0.15, 0.2) is 0 Å². The molecule has 0 aromatic heterocycles. The third-order valence-corrected chi connectivity index (χ3v) is 3.24. The van der Waals surface area contributed by atoms with Gasteiger partial charge in [-0.1, -0.05) is 18.2 Å². The Hall–Kier alpha value is -1.87. The van der Waals surface area contributed by atoms with Crippen LogP contribution in [0.15, 0.2) is 42.5 Å². The van der Waals surface area contributed by atoms with E-state index in [1.54, 1.807) is 12.1 Å². The van der Waals surface area contributed by atoms with Gasteiger partial charge in [0.25, 0.3) is 0 Å². The molecule has 0 aliphatic heterocycles. The van der Waals surface area contributed by atoms with Crippen molar-refractivity contribution in [2.75, 3.05) is 11.9 Å². The molecule has 0 aliphatic carbocycles. The highest BCUT2D eigenvalue weighted by Crippen LogP contribution is 2.17. The highest BCUT2D eigenvalue weighted by atomic mass is 19.1. The fourth-order valence-electron chi connectivity index (χ4n) is 1.90. The number of anilines is 1. The number of hydrogen-bond acceptors (Lipinski definition) is 2. The van der Waals surface area contributed by atoms with Crippen LogP contribution < -0.4 is 5.32 Å². The van der Waals surface area contributed by atoms with Gasteiger partial charge in [-0.15, -0.1) is 0 Å². The van der Waals surface area contributed by atoms with Crippen molar-refractivity contribution >= 4 is 5.69 Å². The maximum absolute atomic E-state index is 13.1. The minimum Gasteiger partial charge on any atom is -0.387 e. The first-order valence-corrected chi connectivity index (χ1v) is 6.31. The second kappa shape index (κ2) is 5.85. The van der Waals surface area contributed by atoms with E-state index < -0.39 is 6.10 Å². The lowest BCUT2D eigenvalue weighted by Crippen LogP contribution is -2.12. The molecule has 0 heterocycles. The van der Waals surface area contributed by atoms with Crippen LogP contribution in [0, 0.1) is 19.7 Å². The largest absolute Gasteiger partial charge is 0.387 e. The maximum Gasteiger partial charge on any atom is 0.123 e. The van der Waals surface area contributed by atoms with Crippen LogP contribution in [0.4, 0.5) is 10.1 Å². The van der Waals surface area contributed by atoms with Gasteiger partial charge in [0.1, 0.15) is 5.82 Å². The van der Waals surface area contributed by atoms with Crippen LogP contribution in [-0.4, -0.2) is 11.7 Å². The second-order valence-corrected chi connectivity index (χ2v) is 4.75. The van der Waals surface area contributed by atoms with E-state index in [9.17, 15) is 9.50 Å². The van der Waals surface area contributed by atoms with Crippen LogP contribution in [0.1, 0.15) is 22.8 Å². The molecule has 1 atom stereocenters. The Morgan fingerprint density at radius 2 is 1.89 bits per heavy atom. The van der Waals surface area contributed by atoms with Gasteiger partial charge in [-0.25, -0.2) is 4.39 Å². The molecule has 100 valence electrons. The lowest BCUT2D eigenvalue weighted by atomic mass is 10.1. The van der Waals surface area contributed by atoms with Crippen molar-refractivity contribution in [3.63, 3.8) is 0 Å². The lowest BCUT2D eigenvalue weighted by Gasteiger charge is -2.14. The zero-order valence-electron chi connectivity index (χ0n) is 11.2. The first-order chi connectivity index (χ1) is 9.06. The molecule has 2 N–H and O–H groups in total. The zero-order valence-corrected chi connectivity index (χ0v) is 11.2. The van der Waals surface area contributed by atoms with E-state index in [0.717, 1.165) is 5.69 Å². The number of aliphatic hydroxyl groups excluding tert-OH is 1. The van der Waals surface area contributed by atoms with Crippen molar-refractivity contribution in [2.24, 2.45) is 0 Å². The van der Waals surface area contributed by atoms with Gasteiger partial charge in [-0.2, -0.15) is 0 Å². The quantitative estimate of drug-likeness (QED) is 0.879. The molecular weight excluding hydrogens is 241 g/mol. The smallest absolute Gasteiger partial charge is 0.123 e. The summed E-state index contributed by atoms with van der Waals surface area (Å²) in [7, 11) is 0. The highest BCUT2D eigenvalue weighted by molar-refractivity contribution is 5.48. The van der Waals surface area contributed by atoms with Gasteiger partial charge in [-0.3, -0.25) is 0 Å². The average Bonchev–Trinajstić information content (AvgIpc) is 2.40. The summed E-state index contributed by atoms with van der Waals surface area (Å²) >= 11 is 0. The summed E-state index contributed by atoms with van der Waals surface area (Å²) in [6, 6.07) is 12.1. The highest BCUT2D eigenvalue weighted by Gasteiger charge is 2.08. The van der Waals surface area contributed by atoms with Gasteiger partial charge in [-0.05, 0) is 54.8 Å². The molecule has 1 unspecified atom stereocenters. The normalized spacial score (nSPS) is 12.2. The summed E-state index contributed by atoms with van der Waals surface area (Å²) in [6.07, 6.45) is -0.725. The van der Waals surface area contributed by atoms with E-state index in [4.69, 9.17) is 0 Å². The predicted octanol–water partition coefficient (Wildman–Crippen LogP) is 3.59. The zero-order chi connectivity index (χ0) is 13.8. The van der Waals surface area contributed by atoms with Gasteiger partial charge in [0.05, 0.1) is 6.10 Å². The molecular formula is C16H18FNO. The van der Waals surface area contributed by atoms with E-state index in [2.05, 4.69) is 12.2 Å². The van der Waals surface area contributed by atoms with Gasteiger partial charge in [0.2, 0.25) is 0 Å².